The van der Waals surface area contributed by atoms with Gasteiger partial charge in [0.25, 0.3) is 0 Å². The van der Waals surface area contributed by atoms with E-state index in [9.17, 15) is 4.79 Å². The fourth-order valence-corrected chi connectivity index (χ4v) is 1.66. The van der Waals surface area contributed by atoms with E-state index in [0.717, 1.165) is 19.6 Å². The first-order valence-corrected chi connectivity index (χ1v) is 5.54. The summed E-state index contributed by atoms with van der Waals surface area (Å²) in [6.45, 7) is 7.24. The Bertz CT molecular complexity index is 265. The Hall–Kier alpha value is -0.850. The molecule has 0 radical (unpaired) electrons. The molecule has 1 unspecified atom stereocenters. The summed E-state index contributed by atoms with van der Waals surface area (Å²) >= 11 is 0. The van der Waals surface area contributed by atoms with Gasteiger partial charge in [0.2, 0.25) is 0 Å². The number of rotatable bonds is 4. The van der Waals surface area contributed by atoms with Crippen molar-refractivity contribution in [1.82, 2.24) is 4.90 Å². The summed E-state index contributed by atoms with van der Waals surface area (Å²) in [5.74, 6) is 5.89. The van der Waals surface area contributed by atoms with Crippen LogP contribution >= 0.6 is 0 Å². The molecule has 1 atom stereocenters. The van der Waals surface area contributed by atoms with Crippen molar-refractivity contribution in [1.29, 1.82) is 0 Å². The van der Waals surface area contributed by atoms with Crippen molar-refractivity contribution in [2.75, 3.05) is 26.2 Å². The molecule has 0 amide bonds. The summed E-state index contributed by atoms with van der Waals surface area (Å²) in [5, 5.41) is 0. The van der Waals surface area contributed by atoms with E-state index in [0.29, 0.717) is 19.4 Å². The summed E-state index contributed by atoms with van der Waals surface area (Å²) in [5.41, 5.74) is 0. The second kappa shape index (κ2) is 6.60. The molecule has 1 heterocycles. The lowest BCUT2D eigenvalue weighted by Crippen LogP contribution is -2.45. The highest BCUT2D eigenvalue weighted by Gasteiger charge is 2.24. The average Bonchev–Trinajstić information content (AvgIpc) is 2.29. The highest BCUT2D eigenvalue weighted by molar-refractivity contribution is 5.83. The van der Waals surface area contributed by atoms with Crippen LogP contribution in [0.3, 0.4) is 0 Å². The van der Waals surface area contributed by atoms with Crippen molar-refractivity contribution in [2.24, 2.45) is 0 Å². The van der Waals surface area contributed by atoms with Gasteiger partial charge in [0.15, 0.2) is 5.78 Å². The van der Waals surface area contributed by atoms with Gasteiger partial charge in [-0.2, -0.15) is 0 Å². The van der Waals surface area contributed by atoms with E-state index in [1.54, 1.807) is 6.92 Å². The van der Waals surface area contributed by atoms with Gasteiger partial charge in [-0.05, 0) is 13.5 Å². The van der Waals surface area contributed by atoms with Crippen LogP contribution < -0.4 is 0 Å². The minimum atomic E-state index is -0.225. The summed E-state index contributed by atoms with van der Waals surface area (Å²) in [7, 11) is 0. The fourth-order valence-electron chi connectivity index (χ4n) is 1.66. The molecule has 1 fully saturated rings. The summed E-state index contributed by atoms with van der Waals surface area (Å²) in [4.78, 5) is 14.0. The van der Waals surface area contributed by atoms with Gasteiger partial charge in [0, 0.05) is 25.9 Å². The number of morpholine rings is 1. The Balaban J connectivity index is 2.33. The molecule has 0 spiro atoms. The maximum atomic E-state index is 11.7. The molecule has 0 aromatic rings. The van der Waals surface area contributed by atoms with Crippen LogP contribution in [0.2, 0.25) is 0 Å². The minimum Gasteiger partial charge on any atom is -0.368 e. The number of Topliss-reactive ketones (excluding diaryl/α,β-unsaturated/α-hetero) is 1. The average molecular weight is 209 g/mol. The zero-order chi connectivity index (χ0) is 11.1. The number of ether oxygens (including phenoxy) is 1. The highest BCUT2D eigenvalue weighted by atomic mass is 16.5. The monoisotopic (exact) mass is 209 g/mol. The van der Waals surface area contributed by atoms with Gasteiger partial charge in [0.1, 0.15) is 6.10 Å². The van der Waals surface area contributed by atoms with Crippen molar-refractivity contribution < 1.29 is 9.53 Å². The van der Waals surface area contributed by atoms with E-state index < -0.39 is 0 Å². The van der Waals surface area contributed by atoms with Gasteiger partial charge in [-0.1, -0.05) is 6.92 Å². The van der Waals surface area contributed by atoms with Crippen LogP contribution in [0.4, 0.5) is 0 Å². The zero-order valence-corrected chi connectivity index (χ0v) is 9.58. The normalized spacial score (nSPS) is 21.9. The number of hydrogen-bond donors (Lipinski definition) is 0. The Kier molecular flexibility index (Phi) is 5.38. The molecule has 0 saturated carbocycles. The fraction of sp³-hybridized carbons (Fsp3) is 0.750. The number of ketones is 1. The van der Waals surface area contributed by atoms with Crippen molar-refractivity contribution >= 4 is 5.78 Å². The summed E-state index contributed by atoms with van der Waals surface area (Å²) < 4.78 is 5.46. The van der Waals surface area contributed by atoms with E-state index in [-0.39, 0.29) is 11.9 Å². The second-order valence-corrected chi connectivity index (χ2v) is 3.65. The van der Waals surface area contributed by atoms with Crippen LogP contribution in [0.25, 0.3) is 0 Å². The molecule has 15 heavy (non-hydrogen) atoms. The topological polar surface area (TPSA) is 29.5 Å². The molecule has 0 bridgehead atoms. The van der Waals surface area contributed by atoms with E-state index >= 15 is 0 Å². The Morgan fingerprint density at radius 2 is 2.40 bits per heavy atom. The predicted molar refractivity (Wildman–Crippen MR) is 59.5 cm³/mol. The quantitative estimate of drug-likeness (QED) is 0.649. The smallest absolute Gasteiger partial charge is 0.163 e. The third kappa shape index (κ3) is 4.03. The van der Waals surface area contributed by atoms with Gasteiger partial charge >= 0.3 is 0 Å². The first-order chi connectivity index (χ1) is 7.27. The molecule has 3 heteroatoms. The number of hydrogen-bond acceptors (Lipinski definition) is 3. The molecular weight excluding hydrogens is 190 g/mol. The first-order valence-electron chi connectivity index (χ1n) is 5.54. The molecule has 1 saturated heterocycles. The van der Waals surface area contributed by atoms with Crippen LogP contribution in [0.15, 0.2) is 0 Å². The van der Waals surface area contributed by atoms with E-state index in [1.807, 2.05) is 0 Å². The van der Waals surface area contributed by atoms with Crippen LogP contribution in [0.5, 0.6) is 0 Å². The van der Waals surface area contributed by atoms with E-state index in [2.05, 4.69) is 23.7 Å². The van der Waals surface area contributed by atoms with Gasteiger partial charge in [0.05, 0.1) is 6.61 Å². The molecule has 84 valence electrons. The van der Waals surface area contributed by atoms with Crippen molar-refractivity contribution in [3.05, 3.63) is 0 Å². The van der Waals surface area contributed by atoms with Gasteiger partial charge in [-0.3, -0.25) is 9.69 Å². The van der Waals surface area contributed by atoms with Crippen LogP contribution in [-0.2, 0) is 9.53 Å². The molecule has 0 aromatic carbocycles. The molecule has 1 aliphatic heterocycles. The lowest BCUT2D eigenvalue weighted by Gasteiger charge is -2.31. The third-order valence-electron chi connectivity index (χ3n) is 2.63. The number of likely N-dealkylation sites (N-methyl/N-ethyl adjacent to an activating group) is 1. The molecule has 3 nitrogen and oxygen atoms in total. The maximum absolute atomic E-state index is 11.7. The third-order valence-corrected chi connectivity index (χ3v) is 2.63. The number of carbonyl (C=O) groups is 1. The molecule has 0 N–H and O–H groups in total. The highest BCUT2D eigenvalue weighted by Crippen LogP contribution is 2.08. The largest absolute Gasteiger partial charge is 0.368 e. The van der Waals surface area contributed by atoms with Gasteiger partial charge in [-0.15, -0.1) is 11.8 Å². The van der Waals surface area contributed by atoms with Gasteiger partial charge < -0.3 is 4.74 Å². The minimum absolute atomic E-state index is 0.191. The molecular formula is C12H19NO2. The first kappa shape index (κ1) is 12.2. The van der Waals surface area contributed by atoms with E-state index in [1.165, 1.54) is 0 Å². The Morgan fingerprint density at radius 3 is 3.07 bits per heavy atom. The zero-order valence-electron chi connectivity index (χ0n) is 9.58. The summed E-state index contributed by atoms with van der Waals surface area (Å²) in [6.07, 6.45) is 0.946. The molecule has 1 aliphatic rings. The Morgan fingerprint density at radius 1 is 1.60 bits per heavy atom. The van der Waals surface area contributed by atoms with Crippen LogP contribution in [0.1, 0.15) is 26.7 Å². The molecule has 0 aliphatic carbocycles. The number of carbonyl (C=O) groups excluding carboxylic acids is 1. The van der Waals surface area contributed by atoms with Crippen LogP contribution in [-0.4, -0.2) is 43.0 Å². The predicted octanol–water partition coefficient (Wildman–Crippen LogP) is 1.08. The van der Waals surface area contributed by atoms with Crippen LogP contribution in [0, 0.1) is 11.8 Å². The van der Waals surface area contributed by atoms with Crippen molar-refractivity contribution in [3.8, 4) is 11.8 Å². The second-order valence-electron chi connectivity index (χ2n) is 3.65. The SMILES string of the molecule is CC#CCCC(=O)C1CN(CC)CCO1. The standard InChI is InChI=1S/C12H19NO2/c1-3-5-6-7-11(14)12-10-13(4-2)8-9-15-12/h12H,4,6-10H2,1-2H3. The van der Waals surface area contributed by atoms with Gasteiger partial charge in [-0.25, -0.2) is 0 Å². The lowest BCUT2D eigenvalue weighted by atomic mass is 10.1. The lowest BCUT2D eigenvalue weighted by molar-refractivity contribution is -0.136. The molecule has 0 aromatic heterocycles. The van der Waals surface area contributed by atoms with Crippen molar-refractivity contribution in [2.45, 2.75) is 32.8 Å². The number of nitrogens with zero attached hydrogens (tertiary/aromatic N) is 1. The Labute approximate surface area is 91.8 Å². The van der Waals surface area contributed by atoms with E-state index in [4.69, 9.17) is 4.74 Å². The molecule has 1 rings (SSSR count). The maximum Gasteiger partial charge on any atom is 0.163 e. The van der Waals surface area contributed by atoms with Crippen molar-refractivity contribution in [3.63, 3.8) is 0 Å². The summed E-state index contributed by atoms with van der Waals surface area (Å²) in [6, 6.07) is 0.